The first-order valence-corrected chi connectivity index (χ1v) is 10.3. The van der Waals surface area contributed by atoms with E-state index in [0.717, 1.165) is 23.9 Å². The lowest BCUT2D eigenvalue weighted by molar-refractivity contribution is 0.127. The Bertz CT molecular complexity index is 1240. The monoisotopic (exact) mass is 426 g/mol. The van der Waals surface area contributed by atoms with E-state index in [-0.39, 0.29) is 0 Å². The van der Waals surface area contributed by atoms with Crippen molar-refractivity contribution in [3.63, 3.8) is 0 Å². The number of anilines is 1. The number of halogens is 2. The highest BCUT2D eigenvalue weighted by Crippen LogP contribution is 2.28. The minimum atomic E-state index is -2.47. The van der Waals surface area contributed by atoms with Crippen molar-refractivity contribution in [3.8, 4) is 11.3 Å². The smallest absolute Gasteiger partial charge is 0.256 e. The Labute approximate surface area is 177 Å². The Balaban J connectivity index is 1.43. The molecule has 1 fully saturated rings. The summed E-state index contributed by atoms with van der Waals surface area (Å²) in [6.07, 6.45) is 3.29. The van der Waals surface area contributed by atoms with Crippen LogP contribution in [0.15, 0.2) is 30.6 Å². The second-order valence-corrected chi connectivity index (χ2v) is 8.27. The summed E-state index contributed by atoms with van der Waals surface area (Å²) in [5, 5.41) is 7.96. The number of nitrogens with zero attached hydrogens (tertiary/aromatic N) is 7. The SMILES string of the molecule is Cc1nc2ccc(-c3ccn4nc(N[C@H]5C[C@H](N(C)C)C5)ncc34)nc2n1CC(F)F. The Kier molecular flexibility index (Phi) is 4.81. The molecule has 0 spiro atoms. The van der Waals surface area contributed by atoms with Gasteiger partial charge in [-0.25, -0.2) is 28.2 Å². The zero-order chi connectivity index (χ0) is 21.7. The van der Waals surface area contributed by atoms with Crippen molar-refractivity contribution < 1.29 is 8.78 Å². The van der Waals surface area contributed by atoms with Gasteiger partial charge in [0.05, 0.1) is 24.0 Å². The number of hydrogen-bond acceptors (Lipinski definition) is 6. The number of aryl methyl sites for hydroxylation is 1. The third kappa shape index (κ3) is 3.60. The number of hydrogen-bond donors (Lipinski definition) is 1. The summed E-state index contributed by atoms with van der Waals surface area (Å²) in [7, 11) is 4.19. The fourth-order valence-corrected chi connectivity index (χ4v) is 4.11. The number of pyridine rings is 1. The fraction of sp³-hybridized carbons (Fsp3) is 0.429. The highest BCUT2D eigenvalue weighted by atomic mass is 19.3. The largest absolute Gasteiger partial charge is 0.350 e. The van der Waals surface area contributed by atoms with E-state index in [1.807, 2.05) is 24.4 Å². The molecule has 5 rings (SSSR count). The predicted octanol–water partition coefficient (Wildman–Crippen LogP) is 3.22. The Morgan fingerprint density at radius 2 is 2.00 bits per heavy atom. The van der Waals surface area contributed by atoms with Crippen LogP contribution in [0.1, 0.15) is 18.7 Å². The normalized spacial score (nSPS) is 18.9. The highest BCUT2D eigenvalue weighted by molar-refractivity contribution is 5.82. The minimum Gasteiger partial charge on any atom is -0.350 e. The molecular formula is C21H24F2N8. The maximum atomic E-state index is 13.0. The van der Waals surface area contributed by atoms with Crippen molar-refractivity contribution in [2.75, 3.05) is 19.4 Å². The summed E-state index contributed by atoms with van der Waals surface area (Å²) in [5.74, 6) is 1.11. The molecule has 0 unspecified atom stereocenters. The third-order valence-electron chi connectivity index (χ3n) is 5.97. The van der Waals surface area contributed by atoms with Crippen molar-refractivity contribution in [2.45, 2.75) is 44.8 Å². The first-order chi connectivity index (χ1) is 14.9. The van der Waals surface area contributed by atoms with Crippen LogP contribution in [0.3, 0.4) is 0 Å². The molecule has 10 heteroatoms. The van der Waals surface area contributed by atoms with Crippen LogP contribution < -0.4 is 5.32 Å². The van der Waals surface area contributed by atoms with Crippen molar-refractivity contribution >= 4 is 22.6 Å². The summed E-state index contributed by atoms with van der Waals surface area (Å²) in [6.45, 7) is 1.28. The van der Waals surface area contributed by atoms with Crippen molar-refractivity contribution in [1.82, 2.24) is 34.0 Å². The number of fused-ring (bicyclic) bond motifs is 2. The van der Waals surface area contributed by atoms with Crippen LogP contribution in [0.4, 0.5) is 14.7 Å². The number of nitrogens with one attached hydrogen (secondary N) is 1. The van der Waals surface area contributed by atoms with E-state index < -0.39 is 13.0 Å². The van der Waals surface area contributed by atoms with E-state index >= 15 is 0 Å². The molecule has 0 saturated heterocycles. The lowest BCUT2D eigenvalue weighted by Crippen LogP contribution is -2.47. The first-order valence-electron chi connectivity index (χ1n) is 10.3. The van der Waals surface area contributed by atoms with Gasteiger partial charge in [0.1, 0.15) is 11.3 Å². The van der Waals surface area contributed by atoms with Gasteiger partial charge < -0.3 is 14.8 Å². The summed E-state index contributed by atoms with van der Waals surface area (Å²) in [5.41, 5.74) is 3.36. The molecule has 0 bridgehead atoms. The molecule has 4 heterocycles. The van der Waals surface area contributed by atoms with E-state index in [1.54, 1.807) is 17.6 Å². The molecule has 1 aliphatic rings. The molecule has 0 atom stereocenters. The molecule has 31 heavy (non-hydrogen) atoms. The summed E-state index contributed by atoms with van der Waals surface area (Å²) < 4.78 is 29.2. The van der Waals surface area contributed by atoms with Gasteiger partial charge in [0.25, 0.3) is 6.43 Å². The molecule has 0 amide bonds. The van der Waals surface area contributed by atoms with Gasteiger partial charge in [-0.3, -0.25) is 0 Å². The molecule has 1 saturated carbocycles. The second kappa shape index (κ2) is 7.52. The molecule has 1 N–H and O–H groups in total. The predicted molar refractivity (Wildman–Crippen MR) is 114 cm³/mol. The molecule has 0 aromatic carbocycles. The molecule has 4 aromatic rings. The van der Waals surface area contributed by atoms with Gasteiger partial charge in [0, 0.05) is 23.8 Å². The van der Waals surface area contributed by atoms with Crippen LogP contribution >= 0.6 is 0 Å². The lowest BCUT2D eigenvalue weighted by Gasteiger charge is -2.39. The van der Waals surface area contributed by atoms with Gasteiger partial charge in [-0.2, -0.15) is 0 Å². The summed E-state index contributed by atoms with van der Waals surface area (Å²) in [4.78, 5) is 15.7. The Morgan fingerprint density at radius 1 is 1.19 bits per heavy atom. The van der Waals surface area contributed by atoms with Crippen LogP contribution in [0.2, 0.25) is 0 Å². The van der Waals surface area contributed by atoms with Crippen LogP contribution in [0, 0.1) is 6.92 Å². The van der Waals surface area contributed by atoms with Crippen molar-refractivity contribution in [1.29, 1.82) is 0 Å². The van der Waals surface area contributed by atoms with Crippen LogP contribution in [0.5, 0.6) is 0 Å². The van der Waals surface area contributed by atoms with Crippen molar-refractivity contribution in [3.05, 3.63) is 36.4 Å². The van der Waals surface area contributed by atoms with Gasteiger partial charge in [0.15, 0.2) is 5.65 Å². The number of imidazole rings is 1. The average molecular weight is 426 g/mol. The second-order valence-electron chi connectivity index (χ2n) is 8.27. The number of aromatic nitrogens is 6. The van der Waals surface area contributed by atoms with Gasteiger partial charge in [-0.1, -0.05) is 0 Å². The van der Waals surface area contributed by atoms with E-state index in [1.165, 1.54) is 4.57 Å². The molecular weight excluding hydrogens is 402 g/mol. The van der Waals surface area contributed by atoms with Crippen LogP contribution in [-0.4, -0.2) is 66.6 Å². The summed E-state index contributed by atoms with van der Waals surface area (Å²) >= 11 is 0. The molecule has 0 radical (unpaired) electrons. The maximum absolute atomic E-state index is 13.0. The lowest BCUT2D eigenvalue weighted by atomic mass is 9.86. The van der Waals surface area contributed by atoms with Crippen LogP contribution in [0.25, 0.3) is 27.9 Å². The number of alkyl halides is 2. The maximum Gasteiger partial charge on any atom is 0.256 e. The molecule has 8 nitrogen and oxygen atoms in total. The zero-order valence-corrected chi connectivity index (χ0v) is 17.6. The quantitative estimate of drug-likeness (QED) is 0.510. The van der Waals surface area contributed by atoms with E-state index in [9.17, 15) is 8.78 Å². The Morgan fingerprint density at radius 3 is 2.74 bits per heavy atom. The summed E-state index contributed by atoms with van der Waals surface area (Å²) in [6, 6.07) is 6.54. The zero-order valence-electron chi connectivity index (χ0n) is 17.6. The molecule has 162 valence electrons. The topological polar surface area (TPSA) is 76.2 Å². The van der Waals surface area contributed by atoms with Gasteiger partial charge >= 0.3 is 0 Å². The van der Waals surface area contributed by atoms with Gasteiger partial charge in [0.2, 0.25) is 5.95 Å². The van der Waals surface area contributed by atoms with E-state index in [0.29, 0.717) is 40.7 Å². The average Bonchev–Trinajstić information content (AvgIpc) is 3.24. The van der Waals surface area contributed by atoms with Crippen LogP contribution in [-0.2, 0) is 6.54 Å². The van der Waals surface area contributed by atoms with Crippen molar-refractivity contribution in [2.24, 2.45) is 0 Å². The first kappa shape index (κ1) is 19.8. The fourth-order valence-electron chi connectivity index (χ4n) is 4.11. The van der Waals surface area contributed by atoms with Gasteiger partial charge in [-0.05, 0) is 52.1 Å². The molecule has 4 aromatic heterocycles. The molecule has 0 aliphatic heterocycles. The Hall–Kier alpha value is -3.14. The minimum absolute atomic E-state index is 0.377. The third-order valence-corrected chi connectivity index (χ3v) is 5.97. The number of rotatable bonds is 6. The van der Waals surface area contributed by atoms with E-state index in [4.69, 9.17) is 0 Å². The highest BCUT2D eigenvalue weighted by Gasteiger charge is 2.31. The van der Waals surface area contributed by atoms with E-state index in [2.05, 4.69) is 44.4 Å². The molecule has 1 aliphatic carbocycles. The standard InChI is InChI=1S/C21H24F2N8/c1-12-25-17-5-4-16(27-20(17)30(12)11-19(22)23)15-6-7-31-18(15)10-24-21(28-31)26-13-8-14(9-13)29(2)3/h4-7,10,13-14,19H,8-9,11H2,1-3H3,(H,26,28)/t13-,14-. The van der Waals surface area contributed by atoms with Gasteiger partial charge in [-0.15, -0.1) is 5.10 Å².